The number of pyridine rings is 1. The number of hydrogen-bond acceptors (Lipinski definition) is 6. The Morgan fingerprint density at radius 2 is 2.12 bits per heavy atom. The normalized spacial score (nSPS) is 11.6. The van der Waals surface area contributed by atoms with E-state index < -0.39 is 9.84 Å². The van der Waals surface area contributed by atoms with Crippen molar-refractivity contribution < 1.29 is 13.5 Å². The third kappa shape index (κ3) is 3.49. The van der Waals surface area contributed by atoms with Crippen LogP contribution < -0.4 is 0 Å². The van der Waals surface area contributed by atoms with Gasteiger partial charge >= 0.3 is 0 Å². The summed E-state index contributed by atoms with van der Waals surface area (Å²) in [6.07, 6.45) is 4.07. The molecule has 1 aromatic carbocycles. The van der Waals surface area contributed by atoms with Crippen LogP contribution in [0.1, 0.15) is 16.8 Å². The number of nitrogens with zero attached hydrogens (tertiary/aromatic N) is 4. The fraction of sp³-hybridized carbons (Fsp3) is 0.188. The Kier molecular flexibility index (Phi) is 4.47. The van der Waals surface area contributed by atoms with Crippen molar-refractivity contribution in [2.45, 2.75) is 18.0 Å². The van der Waals surface area contributed by atoms with Crippen molar-refractivity contribution in [1.29, 1.82) is 5.26 Å². The summed E-state index contributed by atoms with van der Waals surface area (Å²) < 4.78 is 25.7. The zero-order valence-corrected chi connectivity index (χ0v) is 14.7. The summed E-state index contributed by atoms with van der Waals surface area (Å²) in [5, 5.41) is 23.3. The lowest BCUT2D eigenvalue weighted by Crippen LogP contribution is -2.05. The Labute approximate surface area is 149 Å². The van der Waals surface area contributed by atoms with Crippen LogP contribution in [0, 0.1) is 11.3 Å². The number of halogens is 1. The van der Waals surface area contributed by atoms with E-state index in [0.717, 1.165) is 6.26 Å². The minimum absolute atomic E-state index is 0.103. The van der Waals surface area contributed by atoms with Gasteiger partial charge in [0.2, 0.25) is 0 Å². The second-order valence-electron chi connectivity index (χ2n) is 5.56. The van der Waals surface area contributed by atoms with Gasteiger partial charge in [-0.2, -0.15) is 10.4 Å². The minimum Gasteiger partial charge on any atom is -0.392 e. The number of hydrogen-bond donors (Lipinski definition) is 1. The van der Waals surface area contributed by atoms with E-state index in [1.807, 2.05) is 6.07 Å². The Bertz CT molecular complexity index is 1120. The van der Waals surface area contributed by atoms with E-state index in [-0.39, 0.29) is 23.7 Å². The maximum atomic E-state index is 12.1. The number of sulfone groups is 1. The van der Waals surface area contributed by atoms with Crippen LogP contribution in [0.3, 0.4) is 0 Å². The Balaban J connectivity index is 2.14. The fourth-order valence-electron chi connectivity index (χ4n) is 2.56. The fourth-order valence-corrected chi connectivity index (χ4v) is 3.62. The Morgan fingerprint density at radius 1 is 1.36 bits per heavy atom. The highest BCUT2D eigenvalue weighted by molar-refractivity contribution is 7.91. The van der Waals surface area contributed by atoms with Crippen molar-refractivity contribution >= 4 is 32.3 Å². The van der Waals surface area contributed by atoms with E-state index in [4.69, 9.17) is 16.9 Å². The number of aliphatic hydroxyl groups is 1. The molecule has 0 atom stereocenters. The lowest BCUT2D eigenvalue weighted by molar-refractivity contribution is 0.281. The maximum absolute atomic E-state index is 12.1. The summed E-state index contributed by atoms with van der Waals surface area (Å²) in [7, 11) is -3.50. The van der Waals surface area contributed by atoms with Gasteiger partial charge in [0.25, 0.3) is 0 Å². The molecule has 0 fully saturated rings. The zero-order chi connectivity index (χ0) is 18.2. The predicted molar refractivity (Wildman–Crippen MR) is 91.8 cm³/mol. The molecule has 0 bridgehead atoms. The van der Waals surface area contributed by atoms with Crippen LogP contribution in [-0.2, 0) is 23.0 Å². The van der Waals surface area contributed by atoms with Gasteiger partial charge in [0.05, 0.1) is 28.6 Å². The summed E-state index contributed by atoms with van der Waals surface area (Å²) in [4.78, 5) is 4.23. The summed E-state index contributed by atoms with van der Waals surface area (Å²) in [5.74, 6) is 0. The highest BCUT2D eigenvalue weighted by Gasteiger charge is 2.16. The van der Waals surface area contributed by atoms with Crippen molar-refractivity contribution in [1.82, 2.24) is 14.8 Å². The Morgan fingerprint density at radius 3 is 2.72 bits per heavy atom. The highest BCUT2D eigenvalue weighted by atomic mass is 35.5. The van der Waals surface area contributed by atoms with Crippen LogP contribution in [0.4, 0.5) is 0 Å². The molecule has 0 aliphatic heterocycles. The first kappa shape index (κ1) is 17.4. The van der Waals surface area contributed by atoms with Crippen LogP contribution in [0.2, 0.25) is 5.02 Å². The van der Waals surface area contributed by atoms with Crippen molar-refractivity contribution in [3.63, 3.8) is 0 Å². The summed E-state index contributed by atoms with van der Waals surface area (Å²) in [6.45, 7) is -0.0611. The number of benzene rings is 1. The molecular weight excluding hydrogens is 364 g/mol. The molecule has 9 heteroatoms. The molecule has 25 heavy (non-hydrogen) atoms. The van der Waals surface area contributed by atoms with Crippen LogP contribution >= 0.6 is 11.6 Å². The van der Waals surface area contributed by atoms with E-state index >= 15 is 0 Å². The summed E-state index contributed by atoms with van der Waals surface area (Å²) in [5.41, 5.74) is 1.56. The van der Waals surface area contributed by atoms with Gasteiger partial charge in [0.15, 0.2) is 15.5 Å². The molecule has 2 heterocycles. The SMILES string of the molecule is CS(=O)(=O)c1cc(Cn2cc(CO)c(C#N)n2)cc2cc(Cl)cnc12. The van der Waals surface area contributed by atoms with Gasteiger partial charge in [-0.25, -0.2) is 8.42 Å². The lowest BCUT2D eigenvalue weighted by Gasteiger charge is -2.09. The monoisotopic (exact) mass is 376 g/mol. The Hall–Kier alpha value is -2.47. The minimum atomic E-state index is -3.50. The number of nitriles is 1. The van der Waals surface area contributed by atoms with Gasteiger partial charge in [0.1, 0.15) is 6.07 Å². The smallest absolute Gasteiger partial charge is 0.177 e. The number of fused-ring (bicyclic) bond motifs is 1. The molecule has 0 saturated carbocycles. The van der Waals surface area contributed by atoms with Gasteiger partial charge in [-0.05, 0) is 23.8 Å². The quantitative estimate of drug-likeness (QED) is 0.744. The zero-order valence-electron chi connectivity index (χ0n) is 13.1. The first-order chi connectivity index (χ1) is 11.8. The summed E-state index contributed by atoms with van der Waals surface area (Å²) >= 11 is 5.97. The second kappa shape index (κ2) is 6.44. The second-order valence-corrected chi connectivity index (χ2v) is 7.98. The third-order valence-corrected chi connectivity index (χ3v) is 4.95. The van der Waals surface area contributed by atoms with Gasteiger partial charge < -0.3 is 5.11 Å². The number of aliphatic hydroxyl groups excluding tert-OH is 1. The first-order valence-electron chi connectivity index (χ1n) is 7.17. The standard InChI is InChI=1S/C16H13ClN4O3S/c1-25(23,24)15-3-10(2-11-4-13(17)6-19-16(11)15)7-21-8-12(9-22)14(5-18)20-21/h2-4,6,8,22H,7,9H2,1H3. The molecule has 0 aliphatic carbocycles. The molecule has 0 radical (unpaired) electrons. The van der Waals surface area contributed by atoms with E-state index in [2.05, 4.69) is 10.1 Å². The molecule has 0 spiro atoms. The van der Waals surface area contributed by atoms with Gasteiger partial charge in [-0.3, -0.25) is 9.67 Å². The largest absolute Gasteiger partial charge is 0.392 e. The van der Waals surface area contributed by atoms with Crippen LogP contribution in [0.25, 0.3) is 10.9 Å². The molecule has 1 N–H and O–H groups in total. The average molecular weight is 377 g/mol. The van der Waals surface area contributed by atoms with Crippen molar-refractivity contribution in [3.8, 4) is 6.07 Å². The van der Waals surface area contributed by atoms with E-state index in [1.54, 1.807) is 18.3 Å². The molecule has 3 rings (SSSR count). The first-order valence-corrected chi connectivity index (χ1v) is 9.44. The molecule has 128 valence electrons. The molecule has 0 unspecified atom stereocenters. The predicted octanol–water partition coefficient (Wildman–Crippen LogP) is 1.90. The molecule has 0 aliphatic rings. The molecular formula is C16H13ClN4O3S. The lowest BCUT2D eigenvalue weighted by atomic mass is 10.1. The molecule has 0 saturated heterocycles. The van der Waals surface area contributed by atoms with Crippen LogP contribution in [0.5, 0.6) is 0 Å². The highest BCUT2D eigenvalue weighted by Crippen LogP contribution is 2.26. The van der Waals surface area contributed by atoms with Gasteiger partial charge in [0, 0.05) is 29.6 Å². The van der Waals surface area contributed by atoms with Crippen molar-refractivity contribution in [2.75, 3.05) is 6.26 Å². The van der Waals surface area contributed by atoms with Gasteiger partial charge in [-0.15, -0.1) is 0 Å². The summed E-state index contributed by atoms with van der Waals surface area (Å²) in [6, 6.07) is 6.86. The van der Waals surface area contributed by atoms with Crippen molar-refractivity contribution in [3.05, 3.63) is 52.4 Å². The van der Waals surface area contributed by atoms with Crippen LogP contribution in [-0.4, -0.2) is 34.5 Å². The molecule has 2 aromatic heterocycles. The molecule has 0 amide bonds. The molecule has 7 nitrogen and oxygen atoms in total. The van der Waals surface area contributed by atoms with E-state index in [9.17, 15) is 13.5 Å². The van der Waals surface area contributed by atoms with Gasteiger partial charge in [-0.1, -0.05) is 11.6 Å². The van der Waals surface area contributed by atoms with E-state index in [1.165, 1.54) is 16.9 Å². The third-order valence-electron chi connectivity index (χ3n) is 3.63. The maximum Gasteiger partial charge on any atom is 0.177 e. The topological polar surface area (TPSA) is 109 Å². The molecule has 3 aromatic rings. The van der Waals surface area contributed by atoms with E-state index in [0.29, 0.717) is 27.1 Å². The van der Waals surface area contributed by atoms with Crippen LogP contribution in [0.15, 0.2) is 35.5 Å². The number of aromatic nitrogens is 3. The number of rotatable bonds is 4. The van der Waals surface area contributed by atoms with Crippen molar-refractivity contribution in [2.24, 2.45) is 0 Å². The average Bonchev–Trinajstić information content (AvgIpc) is 2.94.